The summed E-state index contributed by atoms with van der Waals surface area (Å²) in [7, 11) is 0. The molecule has 0 amide bonds. The Balaban J connectivity index is 1.98. The second kappa shape index (κ2) is 5.24. The summed E-state index contributed by atoms with van der Waals surface area (Å²) >= 11 is 3.48. The van der Waals surface area contributed by atoms with E-state index in [2.05, 4.69) is 26.2 Å². The maximum atomic E-state index is 11.4. The number of nitrogens with zero attached hydrogens (tertiary/aromatic N) is 2. The van der Waals surface area contributed by atoms with E-state index in [4.69, 9.17) is 0 Å². The van der Waals surface area contributed by atoms with Gasteiger partial charge in [0.25, 0.3) is 0 Å². The third-order valence-electron chi connectivity index (χ3n) is 3.87. The molecule has 0 saturated carbocycles. The zero-order chi connectivity index (χ0) is 16.0. The molecule has 2 heterocycles. The Labute approximate surface area is 140 Å². The molecule has 0 saturated heterocycles. The number of para-hydroxylation sites is 2. The SMILES string of the molecule is O=C(O)C1=CC(c2cccc(Br)c2)n2c(nc3ccccc32)N1. The Kier molecular flexibility index (Phi) is 3.20. The van der Waals surface area contributed by atoms with Crippen LogP contribution in [0.25, 0.3) is 11.0 Å². The number of benzene rings is 2. The summed E-state index contributed by atoms with van der Waals surface area (Å²) in [4.78, 5) is 16.0. The lowest BCUT2D eigenvalue weighted by Gasteiger charge is -2.25. The minimum Gasteiger partial charge on any atom is -0.477 e. The van der Waals surface area contributed by atoms with Crippen molar-refractivity contribution < 1.29 is 9.90 Å². The molecule has 1 atom stereocenters. The molecular weight excluding hydrogens is 358 g/mol. The van der Waals surface area contributed by atoms with Gasteiger partial charge in [0, 0.05) is 4.47 Å². The Hall–Kier alpha value is -2.60. The molecule has 0 bridgehead atoms. The molecule has 114 valence electrons. The number of carboxylic acid groups (broad SMARTS) is 1. The molecule has 6 heteroatoms. The van der Waals surface area contributed by atoms with Crippen LogP contribution in [0.4, 0.5) is 5.95 Å². The number of carboxylic acids is 1. The van der Waals surface area contributed by atoms with Crippen molar-refractivity contribution in [2.24, 2.45) is 0 Å². The van der Waals surface area contributed by atoms with Crippen LogP contribution in [0.2, 0.25) is 0 Å². The van der Waals surface area contributed by atoms with Gasteiger partial charge < -0.3 is 10.4 Å². The fraction of sp³-hybridized carbons (Fsp3) is 0.0588. The van der Waals surface area contributed by atoms with E-state index in [1.165, 1.54) is 0 Å². The number of fused-ring (bicyclic) bond motifs is 3. The minimum absolute atomic E-state index is 0.137. The van der Waals surface area contributed by atoms with Crippen molar-refractivity contribution in [2.45, 2.75) is 6.04 Å². The number of imidazole rings is 1. The standard InChI is InChI=1S/C17H12BrN3O2/c18-11-5-3-4-10(8-11)15-9-13(16(22)23)20-17-19-12-6-1-2-7-14(12)21(15)17/h1-9,15H,(H,19,20)(H,22,23). The highest BCUT2D eigenvalue weighted by Crippen LogP contribution is 2.35. The lowest BCUT2D eigenvalue weighted by Crippen LogP contribution is -2.23. The van der Waals surface area contributed by atoms with Crippen molar-refractivity contribution in [1.29, 1.82) is 0 Å². The number of rotatable bonds is 2. The third-order valence-corrected chi connectivity index (χ3v) is 4.36. The van der Waals surface area contributed by atoms with Gasteiger partial charge in [-0.25, -0.2) is 9.78 Å². The molecule has 1 unspecified atom stereocenters. The first-order valence-corrected chi connectivity index (χ1v) is 7.87. The molecule has 0 aliphatic carbocycles. The number of hydrogen-bond acceptors (Lipinski definition) is 3. The summed E-state index contributed by atoms with van der Waals surface area (Å²) in [5, 5.41) is 12.3. The van der Waals surface area contributed by atoms with E-state index < -0.39 is 5.97 Å². The van der Waals surface area contributed by atoms with Gasteiger partial charge in [-0.3, -0.25) is 4.57 Å². The summed E-state index contributed by atoms with van der Waals surface area (Å²) in [5.41, 5.74) is 2.91. The van der Waals surface area contributed by atoms with Crippen LogP contribution in [0.15, 0.2) is 64.8 Å². The lowest BCUT2D eigenvalue weighted by atomic mass is 10.0. The van der Waals surface area contributed by atoms with Crippen molar-refractivity contribution in [2.75, 3.05) is 5.32 Å². The Morgan fingerprint density at radius 3 is 2.83 bits per heavy atom. The molecule has 4 rings (SSSR count). The average Bonchev–Trinajstić information content (AvgIpc) is 2.92. The molecule has 5 nitrogen and oxygen atoms in total. The van der Waals surface area contributed by atoms with Crippen molar-refractivity contribution in [3.63, 3.8) is 0 Å². The Morgan fingerprint density at radius 2 is 2.04 bits per heavy atom. The van der Waals surface area contributed by atoms with Crippen LogP contribution in [-0.4, -0.2) is 20.6 Å². The van der Waals surface area contributed by atoms with Gasteiger partial charge in [0.2, 0.25) is 5.95 Å². The van der Waals surface area contributed by atoms with E-state index in [0.29, 0.717) is 5.95 Å². The number of aromatic nitrogens is 2. The summed E-state index contributed by atoms with van der Waals surface area (Å²) in [6.07, 6.45) is 1.71. The zero-order valence-electron chi connectivity index (χ0n) is 11.9. The number of anilines is 1. The summed E-state index contributed by atoms with van der Waals surface area (Å²) in [6, 6.07) is 15.4. The maximum absolute atomic E-state index is 11.4. The third kappa shape index (κ3) is 2.31. The second-order valence-corrected chi connectivity index (χ2v) is 6.22. The van der Waals surface area contributed by atoms with Gasteiger partial charge in [-0.05, 0) is 35.9 Å². The van der Waals surface area contributed by atoms with Crippen molar-refractivity contribution in [1.82, 2.24) is 9.55 Å². The van der Waals surface area contributed by atoms with Crippen molar-refractivity contribution in [3.05, 3.63) is 70.3 Å². The number of carbonyl (C=O) groups is 1. The van der Waals surface area contributed by atoms with E-state index in [1.54, 1.807) is 6.08 Å². The van der Waals surface area contributed by atoms with Gasteiger partial charge in [0.15, 0.2) is 0 Å². The number of hydrogen-bond donors (Lipinski definition) is 2. The molecule has 3 aromatic rings. The molecule has 1 aromatic heterocycles. The molecule has 0 spiro atoms. The number of halogens is 1. The minimum atomic E-state index is -0.997. The zero-order valence-corrected chi connectivity index (χ0v) is 13.5. The van der Waals surface area contributed by atoms with Gasteiger partial charge in [0.1, 0.15) is 5.70 Å². The number of nitrogens with one attached hydrogen (secondary N) is 1. The highest BCUT2D eigenvalue weighted by atomic mass is 79.9. The smallest absolute Gasteiger partial charge is 0.352 e. The highest BCUT2D eigenvalue weighted by molar-refractivity contribution is 9.10. The molecule has 0 fully saturated rings. The Morgan fingerprint density at radius 1 is 1.22 bits per heavy atom. The van der Waals surface area contributed by atoms with E-state index in [0.717, 1.165) is 21.1 Å². The molecule has 2 N–H and O–H groups in total. The molecule has 23 heavy (non-hydrogen) atoms. The summed E-state index contributed by atoms with van der Waals surface area (Å²) < 4.78 is 2.97. The largest absolute Gasteiger partial charge is 0.477 e. The van der Waals surface area contributed by atoms with Gasteiger partial charge in [-0.2, -0.15) is 0 Å². The first kappa shape index (κ1) is 14.0. The van der Waals surface area contributed by atoms with Crippen LogP contribution >= 0.6 is 15.9 Å². The van der Waals surface area contributed by atoms with Crippen molar-refractivity contribution in [3.8, 4) is 0 Å². The van der Waals surface area contributed by atoms with Crippen LogP contribution in [0.3, 0.4) is 0 Å². The van der Waals surface area contributed by atoms with E-state index >= 15 is 0 Å². The van der Waals surface area contributed by atoms with Gasteiger partial charge >= 0.3 is 5.97 Å². The van der Waals surface area contributed by atoms with Crippen LogP contribution in [0.5, 0.6) is 0 Å². The van der Waals surface area contributed by atoms with Gasteiger partial charge in [0.05, 0.1) is 17.1 Å². The number of aliphatic carboxylic acids is 1. The molecule has 2 aromatic carbocycles. The van der Waals surface area contributed by atoms with Crippen LogP contribution in [0, 0.1) is 0 Å². The molecular formula is C17H12BrN3O2. The topological polar surface area (TPSA) is 67.1 Å². The fourth-order valence-corrected chi connectivity index (χ4v) is 3.29. The van der Waals surface area contributed by atoms with E-state index in [-0.39, 0.29) is 11.7 Å². The van der Waals surface area contributed by atoms with E-state index in [9.17, 15) is 9.90 Å². The quantitative estimate of drug-likeness (QED) is 0.721. The van der Waals surface area contributed by atoms with Crippen LogP contribution < -0.4 is 5.32 Å². The second-order valence-electron chi connectivity index (χ2n) is 5.30. The van der Waals surface area contributed by atoms with E-state index in [1.807, 2.05) is 53.1 Å². The summed E-state index contributed by atoms with van der Waals surface area (Å²) in [5.74, 6) is -0.459. The lowest BCUT2D eigenvalue weighted by molar-refractivity contribution is -0.132. The average molecular weight is 370 g/mol. The van der Waals surface area contributed by atoms with Gasteiger partial charge in [-0.1, -0.05) is 40.2 Å². The fourth-order valence-electron chi connectivity index (χ4n) is 2.87. The monoisotopic (exact) mass is 369 g/mol. The summed E-state index contributed by atoms with van der Waals surface area (Å²) in [6.45, 7) is 0. The molecule has 1 aliphatic heterocycles. The van der Waals surface area contributed by atoms with Crippen molar-refractivity contribution >= 4 is 38.9 Å². The number of allylic oxidation sites excluding steroid dienone is 1. The maximum Gasteiger partial charge on any atom is 0.352 e. The van der Waals surface area contributed by atoms with Crippen LogP contribution in [0.1, 0.15) is 11.6 Å². The predicted molar refractivity (Wildman–Crippen MR) is 91.4 cm³/mol. The van der Waals surface area contributed by atoms with Gasteiger partial charge in [-0.15, -0.1) is 0 Å². The highest BCUT2D eigenvalue weighted by Gasteiger charge is 2.27. The van der Waals surface area contributed by atoms with Crippen LogP contribution in [-0.2, 0) is 4.79 Å². The molecule has 1 aliphatic rings. The Bertz CT molecular complexity index is 961. The normalized spacial score (nSPS) is 16.6. The predicted octanol–water partition coefficient (Wildman–Crippen LogP) is 3.78. The molecule has 0 radical (unpaired) electrons. The first-order chi connectivity index (χ1) is 11.1. The first-order valence-electron chi connectivity index (χ1n) is 7.08.